The summed E-state index contributed by atoms with van der Waals surface area (Å²) in [6, 6.07) is 14.4. The summed E-state index contributed by atoms with van der Waals surface area (Å²) in [5, 5.41) is 15.4. The molecule has 1 N–H and O–H groups in total. The molecule has 1 amide bonds. The minimum absolute atomic E-state index is 0.238. The molecule has 0 saturated heterocycles. The zero-order valence-electron chi connectivity index (χ0n) is 16.7. The summed E-state index contributed by atoms with van der Waals surface area (Å²) in [5.74, 6) is 1.12. The van der Waals surface area contributed by atoms with Crippen LogP contribution in [0.5, 0.6) is 11.5 Å². The van der Waals surface area contributed by atoms with Crippen molar-refractivity contribution in [1.82, 2.24) is 20.2 Å². The van der Waals surface area contributed by atoms with Crippen molar-refractivity contribution in [1.29, 1.82) is 0 Å². The molecule has 1 atom stereocenters. The number of hydrogen-bond acceptors (Lipinski definition) is 6. The first-order valence-electron chi connectivity index (χ1n) is 10.3. The average Bonchev–Trinajstić information content (AvgIpc) is 3.39. The van der Waals surface area contributed by atoms with E-state index >= 15 is 0 Å². The van der Waals surface area contributed by atoms with Crippen LogP contribution in [0.3, 0.4) is 0 Å². The number of benzene rings is 2. The van der Waals surface area contributed by atoms with Crippen molar-refractivity contribution in [2.24, 2.45) is 0 Å². The van der Waals surface area contributed by atoms with Gasteiger partial charge in [0.15, 0.2) is 11.5 Å². The molecular weight excluding hydrogens is 382 g/mol. The lowest BCUT2D eigenvalue weighted by molar-refractivity contribution is -0.119. The van der Waals surface area contributed by atoms with Crippen LogP contribution in [0.1, 0.15) is 45.1 Å². The van der Waals surface area contributed by atoms with Gasteiger partial charge in [-0.3, -0.25) is 4.79 Å². The Morgan fingerprint density at radius 1 is 1.07 bits per heavy atom. The second-order valence-corrected chi connectivity index (χ2v) is 7.80. The standard InChI is InChI=1S/C22H23N5O3/c1-15(27-25-20(24-26-27)16-8-4-2-5-9-16)21(28)23-17-10-11-18-19(14-17)30-22(29-18)12-6-3-7-13-22/h2,4-5,8-11,14-15H,3,6-7,12-13H2,1H3,(H,23,28). The molecule has 8 nitrogen and oxygen atoms in total. The van der Waals surface area contributed by atoms with Crippen LogP contribution in [0.4, 0.5) is 5.69 Å². The van der Waals surface area contributed by atoms with E-state index in [0.29, 0.717) is 17.3 Å². The molecule has 1 saturated carbocycles. The smallest absolute Gasteiger partial charge is 0.251 e. The highest BCUT2D eigenvalue weighted by Crippen LogP contribution is 2.46. The second-order valence-electron chi connectivity index (χ2n) is 7.80. The minimum Gasteiger partial charge on any atom is -0.448 e. The number of hydrogen-bond donors (Lipinski definition) is 1. The Morgan fingerprint density at radius 2 is 1.83 bits per heavy atom. The molecule has 0 radical (unpaired) electrons. The Bertz CT molecular complexity index is 1060. The SMILES string of the molecule is CC(C(=O)Nc1ccc2c(c1)OC1(CCCCC1)O2)n1nnc(-c2ccccc2)n1. The van der Waals surface area contributed by atoms with Crippen molar-refractivity contribution in [3.63, 3.8) is 0 Å². The molecule has 3 aromatic rings. The number of nitrogens with one attached hydrogen (secondary N) is 1. The van der Waals surface area contributed by atoms with E-state index in [1.165, 1.54) is 11.2 Å². The topological polar surface area (TPSA) is 91.2 Å². The summed E-state index contributed by atoms with van der Waals surface area (Å²) in [6.07, 6.45) is 5.20. The number of anilines is 1. The van der Waals surface area contributed by atoms with E-state index in [4.69, 9.17) is 9.47 Å². The third kappa shape index (κ3) is 3.49. The summed E-state index contributed by atoms with van der Waals surface area (Å²) in [7, 11) is 0. The van der Waals surface area contributed by atoms with E-state index in [2.05, 4.69) is 20.7 Å². The van der Waals surface area contributed by atoms with Gasteiger partial charge in [-0.05, 0) is 37.1 Å². The predicted molar refractivity (Wildman–Crippen MR) is 110 cm³/mol. The monoisotopic (exact) mass is 405 g/mol. The number of rotatable bonds is 4. The van der Waals surface area contributed by atoms with E-state index < -0.39 is 11.8 Å². The molecular formula is C22H23N5O3. The number of carbonyl (C=O) groups is 1. The van der Waals surface area contributed by atoms with Gasteiger partial charge in [0.1, 0.15) is 6.04 Å². The maximum atomic E-state index is 12.7. The highest BCUT2D eigenvalue weighted by atomic mass is 16.7. The average molecular weight is 405 g/mol. The first-order chi connectivity index (χ1) is 14.6. The Morgan fingerprint density at radius 3 is 2.63 bits per heavy atom. The normalized spacial score (nSPS) is 17.6. The zero-order chi connectivity index (χ0) is 20.6. The molecule has 30 heavy (non-hydrogen) atoms. The fourth-order valence-corrected chi connectivity index (χ4v) is 3.91. The molecule has 1 aliphatic carbocycles. The molecule has 1 fully saturated rings. The number of aromatic nitrogens is 4. The van der Waals surface area contributed by atoms with Crippen LogP contribution in [0.15, 0.2) is 48.5 Å². The van der Waals surface area contributed by atoms with Crippen LogP contribution in [-0.2, 0) is 4.79 Å². The summed E-state index contributed by atoms with van der Waals surface area (Å²) in [5.41, 5.74) is 1.49. The van der Waals surface area contributed by atoms with Crippen LogP contribution in [0, 0.1) is 0 Å². The maximum Gasteiger partial charge on any atom is 0.251 e. The van der Waals surface area contributed by atoms with Crippen LogP contribution < -0.4 is 14.8 Å². The number of ether oxygens (including phenoxy) is 2. The lowest BCUT2D eigenvalue weighted by Gasteiger charge is -2.31. The van der Waals surface area contributed by atoms with Gasteiger partial charge < -0.3 is 14.8 Å². The van der Waals surface area contributed by atoms with Gasteiger partial charge >= 0.3 is 0 Å². The van der Waals surface area contributed by atoms with E-state index in [0.717, 1.165) is 37.0 Å². The summed E-state index contributed by atoms with van der Waals surface area (Å²) in [6.45, 7) is 1.73. The van der Waals surface area contributed by atoms with Crippen LogP contribution >= 0.6 is 0 Å². The van der Waals surface area contributed by atoms with Crippen molar-refractivity contribution in [3.8, 4) is 22.9 Å². The molecule has 5 rings (SSSR count). The zero-order valence-corrected chi connectivity index (χ0v) is 16.7. The quantitative estimate of drug-likeness (QED) is 0.706. The molecule has 1 unspecified atom stereocenters. The Balaban J connectivity index is 1.27. The Hall–Kier alpha value is -3.42. The molecule has 1 spiro atoms. The summed E-state index contributed by atoms with van der Waals surface area (Å²) < 4.78 is 12.2. The van der Waals surface area contributed by atoms with Crippen LogP contribution in [0.2, 0.25) is 0 Å². The molecule has 1 aliphatic heterocycles. The van der Waals surface area contributed by atoms with E-state index in [1.54, 1.807) is 6.92 Å². The molecule has 2 aromatic carbocycles. The van der Waals surface area contributed by atoms with Crippen molar-refractivity contribution >= 4 is 11.6 Å². The number of fused-ring (bicyclic) bond motifs is 1. The van der Waals surface area contributed by atoms with E-state index in [9.17, 15) is 4.79 Å². The van der Waals surface area contributed by atoms with Gasteiger partial charge in [0, 0.05) is 30.2 Å². The highest BCUT2D eigenvalue weighted by Gasteiger charge is 2.42. The van der Waals surface area contributed by atoms with Gasteiger partial charge in [0.25, 0.3) is 11.7 Å². The van der Waals surface area contributed by atoms with Crippen LogP contribution in [-0.4, -0.2) is 31.9 Å². The van der Waals surface area contributed by atoms with Gasteiger partial charge in [-0.2, -0.15) is 4.80 Å². The van der Waals surface area contributed by atoms with Crippen molar-refractivity contribution < 1.29 is 14.3 Å². The molecule has 154 valence electrons. The Labute approximate surface area is 174 Å². The first-order valence-corrected chi connectivity index (χ1v) is 10.3. The van der Waals surface area contributed by atoms with Gasteiger partial charge in [-0.15, -0.1) is 10.2 Å². The van der Waals surface area contributed by atoms with Crippen molar-refractivity contribution in [2.75, 3.05) is 5.32 Å². The van der Waals surface area contributed by atoms with Gasteiger partial charge in [0.2, 0.25) is 5.82 Å². The summed E-state index contributed by atoms with van der Waals surface area (Å²) in [4.78, 5) is 14.1. The van der Waals surface area contributed by atoms with Gasteiger partial charge in [0.05, 0.1) is 0 Å². The molecule has 2 aliphatic rings. The third-order valence-corrected chi connectivity index (χ3v) is 5.60. The molecule has 0 bridgehead atoms. The maximum absolute atomic E-state index is 12.7. The number of nitrogens with zero attached hydrogens (tertiary/aromatic N) is 4. The van der Waals surface area contributed by atoms with E-state index in [-0.39, 0.29) is 5.91 Å². The third-order valence-electron chi connectivity index (χ3n) is 5.60. The summed E-state index contributed by atoms with van der Waals surface area (Å²) >= 11 is 0. The fraction of sp³-hybridized carbons (Fsp3) is 0.364. The lowest BCUT2D eigenvalue weighted by atomic mass is 9.94. The second kappa shape index (κ2) is 7.44. The van der Waals surface area contributed by atoms with Gasteiger partial charge in [-0.25, -0.2) is 0 Å². The van der Waals surface area contributed by atoms with Gasteiger partial charge in [-0.1, -0.05) is 36.8 Å². The molecule has 1 aromatic heterocycles. The number of tetrazole rings is 1. The largest absolute Gasteiger partial charge is 0.448 e. The first kappa shape index (κ1) is 18.6. The van der Waals surface area contributed by atoms with Crippen molar-refractivity contribution in [2.45, 2.75) is 50.9 Å². The number of amides is 1. The predicted octanol–water partition coefficient (Wildman–Crippen LogP) is 3.97. The number of carbonyl (C=O) groups excluding carboxylic acids is 1. The minimum atomic E-state index is -0.620. The highest BCUT2D eigenvalue weighted by molar-refractivity contribution is 5.93. The van der Waals surface area contributed by atoms with E-state index in [1.807, 2.05) is 48.5 Å². The fourth-order valence-electron chi connectivity index (χ4n) is 3.91. The molecule has 2 heterocycles. The lowest BCUT2D eigenvalue weighted by Crippen LogP contribution is -2.40. The van der Waals surface area contributed by atoms with Crippen LogP contribution in [0.25, 0.3) is 11.4 Å². The Kier molecular flexibility index (Phi) is 4.61. The van der Waals surface area contributed by atoms with Crippen molar-refractivity contribution in [3.05, 3.63) is 48.5 Å². The molecule has 8 heteroatoms.